The highest BCUT2D eigenvalue weighted by Crippen LogP contribution is 2.36. The Balaban J connectivity index is 1.35. The lowest BCUT2D eigenvalue weighted by Crippen LogP contribution is -2.50. The van der Waals surface area contributed by atoms with Crippen LogP contribution in [-0.4, -0.2) is 53.1 Å². The zero-order valence-corrected chi connectivity index (χ0v) is 24.7. The zero-order valence-electron chi connectivity index (χ0n) is 23.1. The average molecular weight is 612 g/mol. The van der Waals surface area contributed by atoms with Gasteiger partial charge in [0.15, 0.2) is 5.03 Å². The fraction of sp³-hybridized carbons (Fsp3) is 0.345. The number of hydrogen-bond acceptors (Lipinski definition) is 8. The van der Waals surface area contributed by atoms with E-state index in [0.29, 0.717) is 28.9 Å². The fourth-order valence-electron chi connectivity index (χ4n) is 5.33. The number of allylic oxidation sites excluding steroid dienone is 1. The Morgan fingerprint density at radius 1 is 1.14 bits per heavy atom. The van der Waals surface area contributed by atoms with Gasteiger partial charge in [-0.2, -0.15) is 8.42 Å². The van der Waals surface area contributed by atoms with Gasteiger partial charge in [0, 0.05) is 23.7 Å². The smallest absolute Gasteiger partial charge is 0.279 e. The van der Waals surface area contributed by atoms with Crippen LogP contribution in [0.1, 0.15) is 50.5 Å². The molecule has 0 saturated carbocycles. The molecule has 1 saturated heterocycles. The Labute approximate surface area is 248 Å². The number of aromatic nitrogens is 4. The monoisotopic (exact) mass is 611 g/mol. The molecule has 1 aliphatic carbocycles. The number of rotatable bonds is 8. The van der Waals surface area contributed by atoms with Crippen LogP contribution in [0.15, 0.2) is 53.8 Å². The molecule has 0 spiro atoms. The van der Waals surface area contributed by atoms with Crippen molar-refractivity contribution in [2.24, 2.45) is 0 Å². The lowest BCUT2D eigenvalue weighted by molar-refractivity contribution is -0.0103. The molecule has 42 heavy (non-hydrogen) atoms. The Bertz CT molecular complexity index is 1790. The maximum atomic E-state index is 15.4. The molecule has 10 nitrogen and oxygen atoms in total. The second-order valence-electron chi connectivity index (χ2n) is 10.9. The van der Waals surface area contributed by atoms with Crippen molar-refractivity contribution in [2.45, 2.75) is 56.1 Å². The molecule has 4 heterocycles. The zero-order chi connectivity index (χ0) is 29.6. The molecular formula is C29H31ClFN7O3S. The quantitative estimate of drug-likeness (QED) is 0.253. The standard InChI is InChI=1S/C29H31ClFN7O3S/c1-16(2)29-36-26(18-5-9-23(22(31)11-18)37-42(39,40)25-10-6-19(30)12-33-25)27-28(32)34-13-24(38(27)29)17-3-7-20(8-4-17)35-21-14-41-15-21/h3,5-6,9-13,16,20-21,35,37H,4,7-8,14-15H2,1-2H3,(H2,32,34). The Morgan fingerprint density at radius 2 is 1.95 bits per heavy atom. The van der Waals surface area contributed by atoms with Crippen LogP contribution in [0.5, 0.6) is 0 Å². The molecular weight excluding hydrogens is 581 g/mol. The van der Waals surface area contributed by atoms with Crippen molar-refractivity contribution in [3.63, 3.8) is 0 Å². The summed E-state index contributed by atoms with van der Waals surface area (Å²) in [6, 6.07) is 7.68. The summed E-state index contributed by atoms with van der Waals surface area (Å²) in [7, 11) is -4.13. The highest BCUT2D eigenvalue weighted by Gasteiger charge is 2.27. The third-order valence-electron chi connectivity index (χ3n) is 7.54. The minimum atomic E-state index is -4.13. The normalized spacial score (nSPS) is 17.8. The molecule has 4 N–H and O–H groups in total. The number of nitrogens with two attached hydrogens (primary N) is 1. The van der Waals surface area contributed by atoms with Gasteiger partial charge < -0.3 is 15.8 Å². The Kier molecular flexibility index (Phi) is 7.64. The summed E-state index contributed by atoms with van der Waals surface area (Å²) in [6.45, 7) is 5.60. The van der Waals surface area contributed by atoms with Gasteiger partial charge in [0.2, 0.25) is 0 Å². The van der Waals surface area contributed by atoms with E-state index in [1.165, 1.54) is 30.5 Å². The first-order valence-electron chi connectivity index (χ1n) is 13.7. The summed E-state index contributed by atoms with van der Waals surface area (Å²) in [4.78, 5) is 13.2. The van der Waals surface area contributed by atoms with Crippen LogP contribution < -0.4 is 15.8 Å². The number of benzene rings is 1. The lowest BCUT2D eigenvalue weighted by Gasteiger charge is -2.33. The van der Waals surface area contributed by atoms with Crippen molar-refractivity contribution < 1.29 is 17.5 Å². The van der Waals surface area contributed by atoms with E-state index in [9.17, 15) is 8.42 Å². The molecule has 6 rings (SSSR count). The highest BCUT2D eigenvalue weighted by molar-refractivity contribution is 7.92. The van der Waals surface area contributed by atoms with E-state index < -0.39 is 15.8 Å². The van der Waals surface area contributed by atoms with E-state index in [1.54, 1.807) is 12.3 Å². The first kappa shape index (κ1) is 28.5. The summed E-state index contributed by atoms with van der Waals surface area (Å²) in [6.07, 6.45) is 7.98. The molecule has 13 heteroatoms. The third kappa shape index (κ3) is 5.47. The number of ether oxygens (including phenoxy) is 1. The SMILES string of the molecule is CC(C)c1nc(-c2ccc(NS(=O)(=O)c3ccc(Cl)cn3)c(F)c2)c2c(N)ncc(C3=CCC(NC4COC4)CC3)n12. The molecule has 0 bridgehead atoms. The Hall–Kier alpha value is -3.58. The molecule has 1 atom stereocenters. The first-order chi connectivity index (χ1) is 20.1. The predicted molar refractivity (Wildman–Crippen MR) is 160 cm³/mol. The summed E-state index contributed by atoms with van der Waals surface area (Å²) in [5.41, 5.74) is 9.76. The van der Waals surface area contributed by atoms with Gasteiger partial charge in [0.25, 0.3) is 10.0 Å². The number of pyridine rings is 1. The van der Waals surface area contributed by atoms with Crippen LogP contribution >= 0.6 is 11.6 Å². The van der Waals surface area contributed by atoms with E-state index in [0.717, 1.165) is 49.6 Å². The number of nitrogens with zero attached hydrogens (tertiary/aromatic N) is 4. The van der Waals surface area contributed by atoms with Crippen LogP contribution in [0.3, 0.4) is 0 Å². The number of anilines is 2. The van der Waals surface area contributed by atoms with Gasteiger partial charge in [-0.1, -0.05) is 37.6 Å². The van der Waals surface area contributed by atoms with E-state index in [2.05, 4.69) is 26.1 Å². The molecule has 2 aliphatic rings. The fourth-order valence-corrected chi connectivity index (χ4v) is 6.44. The van der Waals surface area contributed by atoms with Gasteiger partial charge in [0.05, 0.1) is 41.9 Å². The van der Waals surface area contributed by atoms with E-state index in [4.69, 9.17) is 27.1 Å². The molecule has 4 aromatic rings. The maximum Gasteiger partial charge on any atom is 0.279 e. The van der Waals surface area contributed by atoms with Crippen molar-refractivity contribution in [2.75, 3.05) is 23.7 Å². The second kappa shape index (κ2) is 11.3. The molecule has 3 aromatic heterocycles. The number of halogens is 2. The minimum absolute atomic E-state index is 0.0341. The molecule has 0 radical (unpaired) electrons. The molecule has 220 valence electrons. The molecule has 1 aromatic carbocycles. The van der Waals surface area contributed by atoms with E-state index >= 15 is 4.39 Å². The van der Waals surface area contributed by atoms with Crippen LogP contribution in [0.25, 0.3) is 22.3 Å². The third-order valence-corrected chi connectivity index (χ3v) is 9.05. The summed E-state index contributed by atoms with van der Waals surface area (Å²) < 4.78 is 50.5. The van der Waals surface area contributed by atoms with Gasteiger partial charge in [-0.3, -0.25) is 9.12 Å². The number of imidazole rings is 1. The summed E-state index contributed by atoms with van der Waals surface area (Å²) in [5.74, 6) is 0.307. The number of nitrogen functional groups attached to an aromatic ring is 1. The van der Waals surface area contributed by atoms with Crippen molar-refractivity contribution in [3.05, 3.63) is 71.2 Å². The number of fused-ring (bicyclic) bond motifs is 1. The van der Waals surface area contributed by atoms with Crippen LogP contribution in [0, 0.1) is 5.82 Å². The van der Waals surface area contributed by atoms with Gasteiger partial charge >= 0.3 is 0 Å². The van der Waals surface area contributed by atoms with E-state index in [1.807, 2.05) is 18.2 Å². The molecule has 1 unspecified atom stereocenters. The minimum Gasteiger partial charge on any atom is -0.382 e. The van der Waals surface area contributed by atoms with E-state index in [-0.39, 0.29) is 27.5 Å². The molecule has 1 aliphatic heterocycles. The van der Waals surface area contributed by atoms with Gasteiger partial charge in [-0.25, -0.2) is 19.3 Å². The summed E-state index contributed by atoms with van der Waals surface area (Å²) >= 11 is 5.81. The number of sulfonamides is 1. The highest BCUT2D eigenvalue weighted by atomic mass is 35.5. The van der Waals surface area contributed by atoms with Crippen LogP contribution in [0.4, 0.5) is 15.9 Å². The van der Waals surface area contributed by atoms with Crippen molar-refractivity contribution in [1.82, 2.24) is 24.7 Å². The van der Waals surface area contributed by atoms with Crippen LogP contribution in [-0.2, 0) is 14.8 Å². The number of nitrogens with one attached hydrogen (secondary N) is 2. The average Bonchev–Trinajstić information content (AvgIpc) is 3.35. The maximum absolute atomic E-state index is 15.4. The van der Waals surface area contributed by atoms with Gasteiger partial charge in [-0.15, -0.1) is 0 Å². The van der Waals surface area contributed by atoms with Crippen molar-refractivity contribution in [3.8, 4) is 11.3 Å². The topological polar surface area (TPSA) is 137 Å². The van der Waals surface area contributed by atoms with Gasteiger partial charge in [-0.05, 0) is 49.1 Å². The molecule has 1 fully saturated rings. The van der Waals surface area contributed by atoms with Gasteiger partial charge in [0.1, 0.15) is 28.7 Å². The lowest BCUT2D eigenvalue weighted by atomic mass is 9.92. The van der Waals surface area contributed by atoms with Crippen LogP contribution in [0.2, 0.25) is 5.02 Å². The predicted octanol–water partition coefficient (Wildman–Crippen LogP) is 5.01. The molecule has 0 amide bonds. The van der Waals surface area contributed by atoms with Crippen molar-refractivity contribution in [1.29, 1.82) is 0 Å². The Morgan fingerprint density at radius 3 is 2.57 bits per heavy atom. The largest absolute Gasteiger partial charge is 0.382 e. The number of hydrogen-bond donors (Lipinski definition) is 3. The van der Waals surface area contributed by atoms with Crippen molar-refractivity contribution >= 4 is 44.2 Å². The summed E-state index contributed by atoms with van der Waals surface area (Å²) in [5, 5.41) is 3.66. The first-order valence-corrected chi connectivity index (χ1v) is 15.6. The second-order valence-corrected chi connectivity index (χ2v) is 13.0.